The summed E-state index contributed by atoms with van der Waals surface area (Å²) in [7, 11) is 2.97. The number of nitrogens with zero attached hydrogens (tertiary/aromatic N) is 1. The Morgan fingerprint density at radius 3 is 2.00 bits per heavy atom. The van der Waals surface area contributed by atoms with E-state index in [1.165, 1.54) is 20.3 Å². The number of esters is 2. The molecule has 0 spiro atoms. The topological polar surface area (TPSA) is 139 Å². The van der Waals surface area contributed by atoms with E-state index in [1.807, 2.05) is 0 Å². The normalized spacial score (nSPS) is 14.0. The third-order valence-corrected chi connectivity index (χ3v) is 5.52. The molecule has 1 aromatic carbocycles. The van der Waals surface area contributed by atoms with Crippen molar-refractivity contribution in [1.29, 1.82) is 0 Å². The molecule has 0 fully saturated rings. The standard InChI is InChI=1S/C25H28N2O9/c1-15-21(24(28)34-13-11-32-3)23(22(16(2)26-15)25(29)35-14-12-33-4)20-10-9-19(36-20)17-7-5-6-8-18(17)27(30)31/h5-10,23,26H,11-14H2,1-4H3. The molecule has 1 aliphatic heterocycles. The van der Waals surface area contributed by atoms with Gasteiger partial charge in [0.25, 0.3) is 5.69 Å². The number of benzene rings is 1. The number of nitro benzene ring substituents is 1. The van der Waals surface area contributed by atoms with Crippen LogP contribution in [0.2, 0.25) is 0 Å². The zero-order valence-corrected chi connectivity index (χ0v) is 20.5. The van der Waals surface area contributed by atoms with Gasteiger partial charge in [0.05, 0.1) is 40.8 Å². The van der Waals surface area contributed by atoms with Crippen LogP contribution in [0.15, 0.2) is 63.4 Å². The van der Waals surface area contributed by atoms with Gasteiger partial charge in [-0.3, -0.25) is 10.1 Å². The molecule has 0 saturated carbocycles. The summed E-state index contributed by atoms with van der Waals surface area (Å²) in [4.78, 5) is 37.3. The van der Waals surface area contributed by atoms with Gasteiger partial charge in [0, 0.05) is 31.7 Å². The SMILES string of the molecule is COCCOC(=O)C1=C(C)NC(C)=C(C(=O)OCCOC)C1c1ccc(-c2ccccc2[N+](=O)[O-])o1. The van der Waals surface area contributed by atoms with Crippen molar-refractivity contribution in [3.63, 3.8) is 0 Å². The van der Waals surface area contributed by atoms with Gasteiger partial charge in [-0.05, 0) is 32.0 Å². The van der Waals surface area contributed by atoms with E-state index in [2.05, 4.69) is 5.32 Å². The van der Waals surface area contributed by atoms with Crippen molar-refractivity contribution in [2.45, 2.75) is 19.8 Å². The molecule has 36 heavy (non-hydrogen) atoms. The molecular weight excluding hydrogens is 472 g/mol. The minimum Gasteiger partial charge on any atom is -0.460 e. The summed E-state index contributed by atoms with van der Waals surface area (Å²) in [6, 6.07) is 9.28. The Bertz CT molecular complexity index is 1150. The molecule has 11 nitrogen and oxygen atoms in total. The van der Waals surface area contributed by atoms with Crippen LogP contribution in [0.5, 0.6) is 0 Å². The predicted molar refractivity (Wildman–Crippen MR) is 128 cm³/mol. The maximum atomic E-state index is 13.1. The first-order valence-corrected chi connectivity index (χ1v) is 11.1. The van der Waals surface area contributed by atoms with Crippen molar-refractivity contribution in [3.05, 3.63) is 74.8 Å². The number of dihydropyridines is 1. The third kappa shape index (κ3) is 5.81. The lowest BCUT2D eigenvalue weighted by molar-refractivity contribution is -0.384. The van der Waals surface area contributed by atoms with Crippen molar-refractivity contribution < 1.29 is 37.9 Å². The lowest BCUT2D eigenvalue weighted by Crippen LogP contribution is -2.33. The summed E-state index contributed by atoms with van der Waals surface area (Å²) in [6.45, 7) is 3.77. The number of nitro groups is 1. The number of allylic oxidation sites excluding steroid dienone is 2. The van der Waals surface area contributed by atoms with Crippen LogP contribution in [-0.4, -0.2) is 57.5 Å². The minimum absolute atomic E-state index is 0.00869. The Morgan fingerprint density at radius 1 is 0.917 bits per heavy atom. The van der Waals surface area contributed by atoms with Crippen LogP contribution in [-0.2, 0) is 28.5 Å². The maximum absolute atomic E-state index is 13.1. The average Bonchev–Trinajstić information content (AvgIpc) is 3.33. The fourth-order valence-corrected chi connectivity index (χ4v) is 3.90. The molecule has 2 heterocycles. The quantitative estimate of drug-likeness (QED) is 0.211. The van der Waals surface area contributed by atoms with E-state index in [0.29, 0.717) is 11.4 Å². The molecule has 0 atom stereocenters. The van der Waals surface area contributed by atoms with Gasteiger partial charge in [0.2, 0.25) is 0 Å². The van der Waals surface area contributed by atoms with Gasteiger partial charge in [0.15, 0.2) is 0 Å². The lowest BCUT2D eigenvalue weighted by Gasteiger charge is -2.29. The number of para-hydroxylation sites is 1. The number of ether oxygens (including phenoxy) is 4. The number of rotatable bonds is 11. The molecule has 0 unspecified atom stereocenters. The molecule has 3 rings (SSSR count). The first kappa shape index (κ1) is 26.6. The highest BCUT2D eigenvalue weighted by Gasteiger charge is 2.40. The van der Waals surface area contributed by atoms with E-state index >= 15 is 0 Å². The highest BCUT2D eigenvalue weighted by atomic mass is 16.6. The van der Waals surface area contributed by atoms with Gasteiger partial charge in [-0.15, -0.1) is 0 Å². The first-order valence-electron chi connectivity index (χ1n) is 11.1. The summed E-state index contributed by atoms with van der Waals surface area (Å²) in [5.41, 5.74) is 1.37. The number of hydrogen-bond acceptors (Lipinski definition) is 10. The third-order valence-electron chi connectivity index (χ3n) is 5.52. The van der Waals surface area contributed by atoms with E-state index < -0.39 is 22.8 Å². The number of hydrogen-bond donors (Lipinski definition) is 1. The van der Waals surface area contributed by atoms with E-state index in [1.54, 1.807) is 44.2 Å². The molecule has 0 radical (unpaired) electrons. The van der Waals surface area contributed by atoms with Crippen LogP contribution in [0, 0.1) is 10.1 Å². The molecule has 1 N–H and O–H groups in total. The maximum Gasteiger partial charge on any atom is 0.336 e. The van der Waals surface area contributed by atoms with Crippen molar-refractivity contribution >= 4 is 17.6 Å². The summed E-state index contributed by atoms with van der Waals surface area (Å²) >= 11 is 0. The molecule has 1 aromatic heterocycles. The molecule has 1 aliphatic rings. The Hall–Kier alpha value is -3.96. The number of carbonyl (C=O) groups is 2. The van der Waals surface area contributed by atoms with Crippen LogP contribution in [0.25, 0.3) is 11.3 Å². The van der Waals surface area contributed by atoms with Crippen LogP contribution < -0.4 is 5.32 Å². The fourth-order valence-electron chi connectivity index (χ4n) is 3.90. The van der Waals surface area contributed by atoms with Crippen LogP contribution in [0.3, 0.4) is 0 Å². The Balaban J connectivity index is 2.08. The second-order valence-electron chi connectivity index (χ2n) is 7.87. The predicted octanol–water partition coefficient (Wildman–Crippen LogP) is 3.47. The number of furan rings is 1. The number of carbonyl (C=O) groups excluding carboxylic acids is 2. The van der Waals surface area contributed by atoms with Crippen molar-refractivity contribution in [2.75, 3.05) is 40.6 Å². The van der Waals surface area contributed by atoms with E-state index in [-0.39, 0.29) is 60.3 Å². The molecule has 2 aromatic rings. The van der Waals surface area contributed by atoms with Crippen molar-refractivity contribution in [1.82, 2.24) is 5.32 Å². The molecule has 0 amide bonds. The lowest BCUT2D eigenvalue weighted by atomic mass is 9.83. The fraction of sp³-hybridized carbons (Fsp3) is 0.360. The first-order chi connectivity index (χ1) is 17.3. The van der Waals surface area contributed by atoms with Crippen LogP contribution >= 0.6 is 0 Å². The smallest absolute Gasteiger partial charge is 0.336 e. The van der Waals surface area contributed by atoms with Gasteiger partial charge < -0.3 is 28.7 Å². The summed E-state index contributed by atoms with van der Waals surface area (Å²) in [6.07, 6.45) is 0. The monoisotopic (exact) mass is 500 g/mol. The largest absolute Gasteiger partial charge is 0.460 e. The van der Waals surface area contributed by atoms with Gasteiger partial charge in [-0.1, -0.05) is 12.1 Å². The summed E-state index contributed by atoms with van der Waals surface area (Å²) in [5.74, 6) is -1.88. The number of nitrogens with one attached hydrogen (secondary N) is 1. The Morgan fingerprint density at radius 2 is 1.47 bits per heavy atom. The zero-order valence-electron chi connectivity index (χ0n) is 20.5. The second kappa shape index (κ2) is 12.1. The number of methoxy groups -OCH3 is 2. The highest BCUT2D eigenvalue weighted by molar-refractivity contribution is 5.99. The van der Waals surface area contributed by atoms with E-state index in [0.717, 1.165) is 0 Å². The molecular formula is C25H28N2O9. The minimum atomic E-state index is -0.979. The van der Waals surface area contributed by atoms with E-state index in [9.17, 15) is 19.7 Å². The van der Waals surface area contributed by atoms with Gasteiger partial charge >= 0.3 is 11.9 Å². The second-order valence-corrected chi connectivity index (χ2v) is 7.87. The van der Waals surface area contributed by atoms with Crippen molar-refractivity contribution in [2.24, 2.45) is 0 Å². The molecule has 11 heteroatoms. The molecule has 192 valence electrons. The van der Waals surface area contributed by atoms with Gasteiger partial charge in [-0.25, -0.2) is 9.59 Å². The van der Waals surface area contributed by atoms with Gasteiger partial charge in [-0.2, -0.15) is 0 Å². The molecule has 0 aliphatic carbocycles. The van der Waals surface area contributed by atoms with Crippen LogP contribution in [0.4, 0.5) is 5.69 Å². The summed E-state index contributed by atoms with van der Waals surface area (Å²) < 4.78 is 26.7. The van der Waals surface area contributed by atoms with Gasteiger partial charge in [0.1, 0.15) is 24.7 Å². The molecule has 0 bridgehead atoms. The highest BCUT2D eigenvalue weighted by Crippen LogP contribution is 2.42. The van der Waals surface area contributed by atoms with Crippen molar-refractivity contribution in [3.8, 4) is 11.3 Å². The average molecular weight is 501 g/mol. The summed E-state index contributed by atoms with van der Waals surface area (Å²) in [5, 5.41) is 14.6. The zero-order chi connectivity index (χ0) is 26.2. The Kier molecular flexibility index (Phi) is 8.98. The Labute approximate surface area is 207 Å². The van der Waals surface area contributed by atoms with E-state index in [4.69, 9.17) is 23.4 Å². The molecule has 0 saturated heterocycles. The van der Waals surface area contributed by atoms with Crippen LogP contribution in [0.1, 0.15) is 25.5 Å².